The predicted octanol–water partition coefficient (Wildman–Crippen LogP) is 3.04. The molecule has 0 spiro atoms. The highest BCUT2D eigenvalue weighted by atomic mass is 28.3. The van der Waals surface area contributed by atoms with Gasteiger partial charge in [0.2, 0.25) is 0 Å². The molecule has 17 heavy (non-hydrogen) atoms. The van der Waals surface area contributed by atoms with Crippen molar-refractivity contribution in [3.63, 3.8) is 0 Å². The van der Waals surface area contributed by atoms with Gasteiger partial charge in [0.15, 0.2) is 0 Å². The lowest BCUT2D eigenvalue weighted by atomic mass is 10.4. The molecule has 100 valence electrons. The number of ether oxygens (including phenoxy) is 1. The summed E-state index contributed by atoms with van der Waals surface area (Å²) in [6, 6.07) is 1.16. The maximum atomic E-state index is 11.2. The van der Waals surface area contributed by atoms with Gasteiger partial charge in [-0.2, -0.15) is 0 Å². The average Bonchev–Trinajstić information content (AvgIpc) is 2.25. The average molecular weight is 257 g/mol. The molecule has 0 aromatic rings. The minimum Gasteiger partial charge on any atom is -0.462 e. The molecule has 3 nitrogen and oxygen atoms in total. The zero-order valence-electron chi connectivity index (χ0n) is 12.0. The normalized spacial score (nSPS) is 11.6. The Morgan fingerprint density at radius 2 is 1.82 bits per heavy atom. The van der Waals surface area contributed by atoms with E-state index in [-0.39, 0.29) is 5.97 Å². The molecule has 0 heterocycles. The number of carbonyl (C=O) groups excluding carboxylic acids is 1. The van der Waals surface area contributed by atoms with Crippen LogP contribution in [0.4, 0.5) is 0 Å². The van der Waals surface area contributed by atoms with E-state index in [1.807, 2.05) is 0 Å². The predicted molar refractivity (Wildman–Crippen MR) is 75.6 cm³/mol. The molecule has 0 atom stereocenters. The lowest BCUT2D eigenvalue weighted by Crippen LogP contribution is -2.48. The van der Waals surface area contributed by atoms with Crippen molar-refractivity contribution in [2.75, 3.05) is 19.7 Å². The molecule has 0 N–H and O–H groups in total. The first kappa shape index (κ1) is 16.4. The van der Waals surface area contributed by atoms with Gasteiger partial charge in [-0.25, -0.2) is 4.79 Å². The van der Waals surface area contributed by atoms with Gasteiger partial charge in [-0.15, -0.1) is 0 Å². The minimum absolute atomic E-state index is 0.271. The fourth-order valence-corrected chi connectivity index (χ4v) is 5.07. The van der Waals surface area contributed by atoms with Crippen LogP contribution in [0, 0.1) is 0 Å². The standard InChI is InChI=1S/C13H27NO2Si/c1-7-14(8-2)17(5,6)11-9-10-16-13(15)12(3)4/h3,7-11H2,1-2,4-6H3. The monoisotopic (exact) mass is 257 g/mol. The summed E-state index contributed by atoms with van der Waals surface area (Å²) in [6.07, 6.45) is 0.953. The molecule has 0 radical (unpaired) electrons. The van der Waals surface area contributed by atoms with E-state index in [0.717, 1.165) is 25.6 Å². The molecule has 0 saturated heterocycles. The maximum Gasteiger partial charge on any atom is 0.333 e. The number of carbonyl (C=O) groups is 1. The molecule has 0 rings (SSSR count). The van der Waals surface area contributed by atoms with Gasteiger partial charge in [-0.1, -0.05) is 33.5 Å². The van der Waals surface area contributed by atoms with E-state index in [4.69, 9.17) is 4.74 Å². The van der Waals surface area contributed by atoms with E-state index in [2.05, 4.69) is 38.1 Å². The van der Waals surface area contributed by atoms with Crippen molar-refractivity contribution >= 4 is 14.2 Å². The van der Waals surface area contributed by atoms with Crippen LogP contribution in [0.15, 0.2) is 12.2 Å². The van der Waals surface area contributed by atoms with Gasteiger partial charge in [0.1, 0.15) is 8.24 Å². The lowest BCUT2D eigenvalue weighted by Gasteiger charge is -2.35. The van der Waals surface area contributed by atoms with Crippen LogP contribution in [0.3, 0.4) is 0 Å². The van der Waals surface area contributed by atoms with E-state index < -0.39 is 8.24 Å². The molecule has 0 fully saturated rings. The Labute approximate surface area is 107 Å². The summed E-state index contributed by atoms with van der Waals surface area (Å²) in [4.78, 5) is 11.2. The van der Waals surface area contributed by atoms with Gasteiger partial charge >= 0.3 is 5.97 Å². The van der Waals surface area contributed by atoms with Gasteiger partial charge < -0.3 is 9.30 Å². The summed E-state index contributed by atoms with van der Waals surface area (Å²) in [5.41, 5.74) is 0.477. The molecule has 0 aliphatic carbocycles. The molecule has 0 unspecified atom stereocenters. The smallest absolute Gasteiger partial charge is 0.333 e. The minimum atomic E-state index is -1.31. The van der Waals surface area contributed by atoms with Crippen molar-refractivity contribution in [1.82, 2.24) is 4.57 Å². The molecule has 4 heteroatoms. The second kappa shape index (κ2) is 7.66. The molecule has 0 aromatic carbocycles. The summed E-state index contributed by atoms with van der Waals surface area (Å²) in [7, 11) is -1.31. The highest BCUT2D eigenvalue weighted by Gasteiger charge is 2.26. The summed E-state index contributed by atoms with van der Waals surface area (Å²) in [5.74, 6) is -0.271. The Kier molecular flexibility index (Phi) is 7.39. The van der Waals surface area contributed by atoms with Crippen LogP contribution in [0.25, 0.3) is 0 Å². The van der Waals surface area contributed by atoms with Crippen LogP contribution < -0.4 is 0 Å². The maximum absolute atomic E-state index is 11.2. The Bertz CT molecular complexity index is 260. The summed E-state index contributed by atoms with van der Waals surface area (Å²) >= 11 is 0. The largest absolute Gasteiger partial charge is 0.462 e. The number of esters is 1. The summed E-state index contributed by atoms with van der Waals surface area (Å²) in [5, 5.41) is 0. The van der Waals surface area contributed by atoms with E-state index in [1.165, 1.54) is 0 Å². The molecule has 0 aliphatic rings. The lowest BCUT2D eigenvalue weighted by molar-refractivity contribution is -0.138. The molecule has 0 bridgehead atoms. The Balaban J connectivity index is 3.95. The number of rotatable bonds is 8. The highest BCUT2D eigenvalue weighted by Crippen LogP contribution is 2.17. The summed E-state index contributed by atoms with van der Waals surface area (Å²) in [6.45, 7) is 17.1. The van der Waals surface area contributed by atoms with Gasteiger partial charge in [0.25, 0.3) is 0 Å². The van der Waals surface area contributed by atoms with Crippen LogP contribution in [0.1, 0.15) is 27.2 Å². The SMILES string of the molecule is C=C(C)C(=O)OCCC[Si](C)(C)N(CC)CC. The first-order chi connectivity index (χ1) is 7.85. The van der Waals surface area contributed by atoms with E-state index in [9.17, 15) is 4.79 Å². The van der Waals surface area contributed by atoms with Crippen LogP contribution in [0.2, 0.25) is 19.1 Å². The number of hydrogen-bond donors (Lipinski definition) is 0. The van der Waals surface area contributed by atoms with E-state index in [1.54, 1.807) is 6.92 Å². The second-order valence-corrected chi connectivity index (χ2v) is 9.76. The van der Waals surface area contributed by atoms with Crippen LogP contribution in [0.5, 0.6) is 0 Å². The highest BCUT2D eigenvalue weighted by molar-refractivity contribution is 6.74. The third-order valence-corrected chi connectivity index (χ3v) is 7.06. The first-order valence-electron chi connectivity index (χ1n) is 6.42. The van der Waals surface area contributed by atoms with Gasteiger partial charge in [-0.3, -0.25) is 0 Å². The van der Waals surface area contributed by atoms with Gasteiger partial charge in [0.05, 0.1) is 6.61 Å². The van der Waals surface area contributed by atoms with Crippen molar-refractivity contribution in [2.24, 2.45) is 0 Å². The zero-order chi connectivity index (χ0) is 13.5. The van der Waals surface area contributed by atoms with Crippen molar-refractivity contribution < 1.29 is 9.53 Å². The number of hydrogen-bond acceptors (Lipinski definition) is 3. The quantitative estimate of drug-likeness (QED) is 0.290. The van der Waals surface area contributed by atoms with Crippen molar-refractivity contribution in [3.8, 4) is 0 Å². The van der Waals surface area contributed by atoms with Crippen molar-refractivity contribution in [2.45, 2.75) is 46.3 Å². The topological polar surface area (TPSA) is 29.5 Å². The number of nitrogens with zero attached hydrogens (tertiary/aromatic N) is 1. The van der Waals surface area contributed by atoms with Crippen LogP contribution in [-0.4, -0.2) is 38.5 Å². The van der Waals surface area contributed by atoms with Crippen LogP contribution >= 0.6 is 0 Å². The van der Waals surface area contributed by atoms with Crippen molar-refractivity contribution in [3.05, 3.63) is 12.2 Å². The Morgan fingerprint density at radius 1 is 1.29 bits per heavy atom. The Hall–Kier alpha value is -0.613. The summed E-state index contributed by atoms with van der Waals surface area (Å²) < 4.78 is 7.67. The molecule has 0 aliphatic heterocycles. The fraction of sp³-hybridized carbons (Fsp3) is 0.769. The van der Waals surface area contributed by atoms with Crippen molar-refractivity contribution in [1.29, 1.82) is 0 Å². The van der Waals surface area contributed by atoms with Crippen LogP contribution in [-0.2, 0) is 9.53 Å². The van der Waals surface area contributed by atoms with Gasteiger partial charge in [0, 0.05) is 5.57 Å². The van der Waals surface area contributed by atoms with Gasteiger partial charge in [-0.05, 0) is 32.5 Å². The molecule has 0 saturated carbocycles. The molecule has 0 aromatic heterocycles. The second-order valence-electron chi connectivity index (χ2n) is 5.00. The molecular weight excluding hydrogens is 230 g/mol. The third-order valence-electron chi connectivity index (χ3n) is 3.13. The fourth-order valence-electron chi connectivity index (χ4n) is 2.03. The van der Waals surface area contributed by atoms with E-state index >= 15 is 0 Å². The molecular formula is C13H27NO2Si. The molecule has 0 amide bonds. The van der Waals surface area contributed by atoms with E-state index in [0.29, 0.717) is 12.2 Å². The zero-order valence-corrected chi connectivity index (χ0v) is 13.0. The third kappa shape index (κ3) is 6.03. The Morgan fingerprint density at radius 3 is 2.24 bits per heavy atom. The first-order valence-corrected chi connectivity index (χ1v) is 9.58.